The number of nitrogens with two attached hydrogens (primary N) is 1. The Morgan fingerprint density at radius 3 is 2.71 bits per heavy atom. The first-order chi connectivity index (χ1) is 8.24. The first-order valence-electron chi connectivity index (χ1n) is 6.86. The van der Waals surface area contributed by atoms with Gasteiger partial charge in [-0.15, -0.1) is 0 Å². The van der Waals surface area contributed by atoms with Crippen LogP contribution in [-0.4, -0.2) is 30.0 Å². The summed E-state index contributed by atoms with van der Waals surface area (Å²) in [6.07, 6.45) is 6.17. The molecular formula is C13H26N2O2. The zero-order valence-electron chi connectivity index (χ0n) is 11.2. The van der Waals surface area contributed by atoms with Gasteiger partial charge in [-0.2, -0.15) is 0 Å². The molecule has 1 heterocycles. The van der Waals surface area contributed by atoms with Gasteiger partial charge >= 0.3 is 0 Å². The van der Waals surface area contributed by atoms with Gasteiger partial charge in [0, 0.05) is 18.5 Å². The van der Waals surface area contributed by atoms with Gasteiger partial charge in [-0.05, 0) is 38.5 Å². The number of nitrogens with zero attached hydrogens (tertiary/aromatic N) is 1. The highest BCUT2D eigenvalue weighted by atomic mass is 16.6. The number of likely N-dealkylation sites (tertiary alicyclic amines) is 1. The Labute approximate surface area is 104 Å². The van der Waals surface area contributed by atoms with Gasteiger partial charge in [0.1, 0.15) is 0 Å². The summed E-state index contributed by atoms with van der Waals surface area (Å²) in [6.45, 7) is 5.63. The van der Waals surface area contributed by atoms with Gasteiger partial charge in [-0.25, -0.2) is 5.90 Å². The van der Waals surface area contributed by atoms with E-state index in [1.54, 1.807) is 0 Å². The molecule has 0 aliphatic carbocycles. The van der Waals surface area contributed by atoms with Crippen molar-refractivity contribution < 1.29 is 9.63 Å². The van der Waals surface area contributed by atoms with Gasteiger partial charge in [0.25, 0.3) is 0 Å². The predicted molar refractivity (Wildman–Crippen MR) is 68.2 cm³/mol. The van der Waals surface area contributed by atoms with Crippen LogP contribution in [0.5, 0.6) is 0 Å². The Hall–Kier alpha value is -0.610. The van der Waals surface area contributed by atoms with Crippen LogP contribution in [0.2, 0.25) is 0 Å². The zero-order valence-corrected chi connectivity index (χ0v) is 11.2. The fourth-order valence-electron chi connectivity index (χ4n) is 2.67. The van der Waals surface area contributed by atoms with Gasteiger partial charge in [-0.3, -0.25) is 4.79 Å². The molecule has 1 fully saturated rings. The maximum absolute atomic E-state index is 12.4. The molecule has 4 nitrogen and oxygen atoms in total. The Bertz CT molecular complexity index is 229. The topological polar surface area (TPSA) is 55.6 Å². The van der Waals surface area contributed by atoms with Crippen molar-refractivity contribution in [3.05, 3.63) is 0 Å². The lowest BCUT2D eigenvalue weighted by atomic mass is 9.95. The van der Waals surface area contributed by atoms with Crippen LogP contribution < -0.4 is 5.90 Å². The summed E-state index contributed by atoms with van der Waals surface area (Å²) < 4.78 is 0. The average molecular weight is 242 g/mol. The number of amides is 1. The van der Waals surface area contributed by atoms with Crippen molar-refractivity contribution >= 4 is 5.91 Å². The van der Waals surface area contributed by atoms with Crippen LogP contribution >= 0.6 is 0 Å². The standard InChI is InChI=1S/C13H26N2O2/c1-3-11(4-2)13(16)15-9-6-5-7-12(15)8-10-17-14/h11-12H,3-10,14H2,1-2H3. The fourth-order valence-corrected chi connectivity index (χ4v) is 2.67. The molecule has 2 N–H and O–H groups in total. The molecule has 0 spiro atoms. The Morgan fingerprint density at radius 1 is 1.41 bits per heavy atom. The lowest BCUT2D eigenvalue weighted by molar-refractivity contribution is -0.140. The number of carbonyl (C=O) groups excluding carboxylic acids is 1. The molecule has 1 atom stereocenters. The first-order valence-corrected chi connectivity index (χ1v) is 6.86. The Morgan fingerprint density at radius 2 is 2.12 bits per heavy atom. The van der Waals surface area contributed by atoms with Crippen LogP contribution in [0.15, 0.2) is 0 Å². The van der Waals surface area contributed by atoms with E-state index < -0.39 is 0 Å². The number of rotatable bonds is 6. The van der Waals surface area contributed by atoms with Crippen LogP contribution in [0.3, 0.4) is 0 Å². The largest absolute Gasteiger partial charge is 0.339 e. The van der Waals surface area contributed by atoms with Crippen LogP contribution in [0.4, 0.5) is 0 Å². The molecule has 17 heavy (non-hydrogen) atoms. The summed E-state index contributed by atoms with van der Waals surface area (Å²) in [5, 5.41) is 0. The van der Waals surface area contributed by atoms with Gasteiger partial charge < -0.3 is 9.74 Å². The van der Waals surface area contributed by atoms with E-state index in [1.807, 2.05) is 0 Å². The molecule has 0 aromatic carbocycles. The number of hydrogen-bond acceptors (Lipinski definition) is 3. The molecule has 0 aromatic heterocycles. The van der Waals surface area contributed by atoms with Gasteiger partial charge in [-0.1, -0.05) is 13.8 Å². The van der Waals surface area contributed by atoms with E-state index in [2.05, 4.69) is 23.6 Å². The molecule has 0 radical (unpaired) electrons. The SMILES string of the molecule is CCC(CC)C(=O)N1CCCCC1CCON. The summed E-state index contributed by atoms with van der Waals surface area (Å²) in [4.78, 5) is 19.1. The monoisotopic (exact) mass is 242 g/mol. The van der Waals surface area contributed by atoms with E-state index in [-0.39, 0.29) is 5.92 Å². The normalized spacial score (nSPS) is 20.9. The van der Waals surface area contributed by atoms with Crippen molar-refractivity contribution in [1.29, 1.82) is 0 Å². The van der Waals surface area contributed by atoms with Crippen LogP contribution in [-0.2, 0) is 9.63 Å². The van der Waals surface area contributed by atoms with E-state index in [0.717, 1.165) is 38.6 Å². The fraction of sp³-hybridized carbons (Fsp3) is 0.923. The Kier molecular flexibility index (Phi) is 6.52. The van der Waals surface area contributed by atoms with E-state index in [9.17, 15) is 4.79 Å². The molecule has 0 aromatic rings. The quantitative estimate of drug-likeness (QED) is 0.726. The van der Waals surface area contributed by atoms with Crippen molar-refractivity contribution in [3.63, 3.8) is 0 Å². The first kappa shape index (κ1) is 14.5. The molecule has 1 rings (SSSR count). The molecule has 100 valence electrons. The number of hydrogen-bond donors (Lipinski definition) is 1. The predicted octanol–water partition coefficient (Wildman–Crippen LogP) is 2.08. The van der Waals surface area contributed by atoms with E-state index >= 15 is 0 Å². The molecule has 0 bridgehead atoms. The van der Waals surface area contributed by atoms with Crippen LogP contribution in [0.25, 0.3) is 0 Å². The summed E-state index contributed by atoms with van der Waals surface area (Å²) in [7, 11) is 0. The second-order valence-electron chi connectivity index (χ2n) is 4.85. The van der Waals surface area contributed by atoms with Crippen molar-refractivity contribution in [2.45, 2.75) is 58.4 Å². The van der Waals surface area contributed by atoms with Crippen molar-refractivity contribution in [2.24, 2.45) is 11.8 Å². The van der Waals surface area contributed by atoms with Crippen molar-refractivity contribution in [1.82, 2.24) is 4.90 Å². The van der Waals surface area contributed by atoms with E-state index in [4.69, 9.17) is 5.90 Å². The molecule has 1 aliphatic heterocycles. The highest BCUT2D eigenvalue weighted by molar-refractivity contribution is 5.79. The minimum atomic E-state index is 0.189. The van der Waals surface area contributed by atoms with Gasteiger partial charge in [0.05, 0.1) is 6.61 Å². The molecule has 1 unspecified atom stereocenters. The summed E-state index contributed by atoms with van der Waals surface area (Å²) in [5.41, 5.74) is 0. The van der Waals surface area contributed by atoms with Crippen LogP contribution in [0.1, 0.15) is 52.4 Å². The molecular weight excluding hydrogens is 216 g/mol. The minimum Gasteiger partial charge on any atom is -0.339 e. The average Bonchev–Trinajstić information content (AvgIpc) is 2.38. The maximum Gasteiger partial charge on any atom is 0.225 e. The number of carbonyl (C=O) groups is 1. The summed E-state index contributed by atoms with van der Waals surface area (Å²) in [6, 6.07) is 0.334. The van der Waals surface area contributed by atoms with E-state index in [1.165, 1.54) is 6.42 Å². The molecule has 4 heteroatoms. The molecule has 0 saturated carbocycles. The smallest absolute Gasteiger partial charge is 0.225 e. The summed E-state index contributed by atoms with van der Waals surface area (Å²) in [5.74, 6) is 5.60. The third-order valence-electron chi connectivity index (χ3n) is 3.81. The number of piperidine rings is 1. The van der Waals surface area contributed by atoms with Gasteiger partial charge in [0.15, 0.2) is 0 Å². The highest BCUT2D eigenvalue weighted by Gasteiger charge is 2.29. The highest BCUT2D eigenvalue weighted by Crippen LogP contribution is 2.23. The minimum absolute atomic E-state index is 0.189. The van der Waals surface area contributed by atoms with Crippen molar-refractivity contribution in [3.8, 4) is 0 Å². The maximum atomic E-state index is 12.4. The lowest BCUT2D eigenvalue weighted by Gasteiger charge is -2.37. The third kappa shape index (κ3) is 3.96. The lowest BCUT2D eigenvalue weighted by Crippen LogP contribution is -2.46. The molecule has 1 saturated heterocycles. The Balaban J connectivity index is 2.59. The van der Waals surface area contributed by atoms with E-state index in [0.29, 0.717) is 18.6 Å². The van der Waals surface area contributed by atoms with Crippen LogP contribution in [0, 0.1) is 5.92 Å². The second-order valence-corrected chi connectivity index (χ2v) is 4.85. The molecule has 1 amide bonds. The zero-order chi connectivity index (χ0) is 12.7. The van der Waals surface area contributed by atoms with Gasteiger partial charge in [0.2, 0.25) is 5.91 Å². The second kappa shape index (κ2) is 7.67. The van der Waals surface area contributed by atoms with Crippen molar-refractivity contribution in [2.75, 3.05) is 13.2 Å². The molecule has 1 aliphatic rings. The summed E-state index contributed by atoms with van der Waals surface area (Å²) >= 11 is 0. The third-order valence-corrected chi connectivity index (χ3v) is 3.81.